The van der Waals surface area contributed by atoms with Crippen LogP contribution < -0.4 is 4.90 Å². The Bertz CT molecular complexity index is 654. The van der Waals surface area contributed by atoms with Crippen LogP contribution in [0.3, 0.4) is 0 Å². The quantitative estimate of drug-likeness (QED) is 0.671. The number of para-hydroxylation sites is 1. The molecule has 1 heterocycles. The molecule has 1 aliphatic heterocycles. The summed E-state index contributed by atoms with van der Waals surface area (Å²) in [5, 5.41) is 13.3. The molecule has 102 valence electrons. The molecule has 1 N–H and O–H groups in total. The highest BCUT2D eigenvalue weighted by Gasteiger charge is 2.22. The Morgan fingerprint density at radius 3 is 2.65 bits per heavy atom. The summed E-state index contributed by atoms with van der Waals surface area (Å²) >= 11 is 6.24. The Balaban J connectivity index is 1.95. The van der Waals surface area contributed by atoms with Crippen molar-refractivity contribution < 1.29 is 5.21 Å². The number of rotatable bonds is 2. The summed E-state index contributed by atoms with van der Waals surface area (Å²) in [6.45, 7) is 1.58. The van der Waals surface area contributed by atoms with Crippen molar-refractivity contribution in [2.75, 3.05) is 11.4 Å². The number of hydrogen-bond donors (Lipinski definition) is 1. The lowest BCUT2D eigenvalue weighted by Crippen LogP contribution is -2.32. The van der Waals surface area contributed by atoms with E-state index in [0.717, 1.165) is 47.1 Å². The number of nitrogens with zero attached hydrogens (tertiary/aromatic N) is 2. The Hall–Kier alpha value is -2.00. The number of anilines is 1. The largest absolute Gasteiger partial charge is 0.411 e. The van der Waals surface area contributed by atoms with E-state index in [0.29, 0.717) is 0 Å². The van der Waals surface area contributed by atoms with Crippen LogP contribution in [-0.2, 0) is 6.54 Å². The molecular formula is C16H15ClN2O. The predicted molar refractivity (Wildman–Crippen MR) is 81.9 cm³/mol. The molecule has 2 aromatic carbocycles. The number of halogens is 1. The summed E-state index contributed by atoms with van der Waals surface area (Å²) in [5.74, 6) is 0. The van der Waals surface area contributed by atoms with Gasteiger partial charge in [-0.1, -0.05) is 53.2 Å². The highest BCUT2D eigenvalue weighted by Crippen LogP contribution is 2.29. The lowest BCUT2D eigenvalue weighted by atomic mass is 9.99. The van der Waals surface area contributed by atoms with Gasteiger partial charge in [0, 0.05) is 35.8 Å². The van der Waals surface area contributed by atoms with Crippen LogP contribution in [0.15, 0.2) is 53.7 Å². The van der Waals surface area contributed by atoms with Gasteiger partial charge in [-0.2, -0.15) is 0 Å². The van der Waals surface area contributed by atoms with Gasteiger partial charge in [-0.15, -0.1) is 0 Å². The van der Waals surface area contributed by atoms with Crippen molar-refractivity contribution in [2.45, 2.75) is 13.0 Å². The van der Waals surface area contributed by atoms with Crippen molar-refractivity contribution >= 4 is 23.0 Å². The lowest BCUT2D eigenvalue weighted by molar-refractivity contribution is 0.317. The third kappa shape index (κ3) is 2.37. The molecule has 0 aliphatic carbocycles. The minimum atomic E-state index is 0.734. The van der Waals surface area contributed by atoms with E-state index >= 15 is 0 Å². The second-order valence-corrected chi connectivity index (χ2v) is 5.23. The fraction of sp³-hybridized carbons (Fsp3) is 0.188. The summed E-state index contributed by atoms with van der Waals surface area (Å²) in [5.41, 5.74) is 3.93. The zero-order chi connectivity index (χ0) is 13.9. The van der Waals surface area contributed by atoms with E-state index in [1.54, 1.807) is 0 Å². The SMILES string of the molecule is ON=C1CCN(Cc2ccccc2Cl)c2ccccc21. The van der Waals surface area contributed by atoms with E-state index in [2.05, 4.69) is 16.1 Å². The molecule has 0 radical (unpaired) electrons. The Morgan fingerprint density at radius 2 is 1.85 bits per heavy atom. The third-order valence-electron chi connectivity index (χ3n) is 3.61. The maximum Gasteiger partial charge on any atom is 0.0906 e. The lowest BCUT2D eigenvalue weighted by Gasteiger charge is -2.31. The molecule has 0 aromatic heterocycles. The Kier molecular flexibility index (Phi) is 3.61. The van der Waals surface area contributed by atoms with Crippen LogP contribution in [0.2, 0.25) is 5.02 Å². The highest BCUT2D eigenvalue weighted by atomic mass is 35.5. The molecule has 1 aliphatic rings. The topological polar surface area (TPSA) is 35.8 Å². The summed E-state index contributed by atoms with van der Waals surface area (Å²) in [6.07, 6.45) is 0.734. The molecular weight excluding hydrogens is 272 g/mol. The minimum Gasteiger partial charge on any atom is -0.411 e. The van der Waals surface area contributed by atoms with E-state index in [1.165, 1.54) is 0 Å². The van der Waals surface area contributed by atoms with Crippen molar-refractivity contribution in [1.29, 1.82) is 0 Å². The maximum atomic E-state index is 9.11. The average molecular weight is 287 g/mol. The maximum absolute atomic E-state index is 9.11. The first-order chi connectivity index (χ1) is 9.79. The van der Waals surface area contributed by atoms with E-state index in [9.17, 15) is 0 Å². The van der Waals surface area contributed by atoms with Gasteiger partial charge in [0.2, 0.25) is 0 Å². The van der Waals surface area contributed by atoms with Gasteiger partial charge in [0.25, 0.3) is 0 Å². The van der Waals surface area contributed by atoms with Gasteiger partial charge in [0.15, 0.2) is 0 Å². The summed E-state index contributed by atoms with van der Waals surface area (Å²) in [4.78, 5) is 2.27. The summed E-state index contributed by atoms with van der Waals surface area (Å²) in [7, 11) is 0. The van der Waals surface area contributed by atoms with Crippen molar-refractivity contribution in [3.63, 3.8) is 0 Å². The monoisotopic (exact) mass is 286 g/mol. The molecule has 2 aromatic rings. The van der Waals surface area contributed by atoms with Crippen molar-refractivity contribution in [1.82, 2.24) is 0 Å². The van der Waals surface area contributed by atoms with Crippen LogP contribution in [0.4, 0.5) is 5.69 Å². The number of hydrogen-bond acceptors (Lipinski definition) is 3. The second kappa shape index (κ2) is 5.55. The predicted octanol–water partition coefficient (Wildman–Crippen LogP) is 3.93. The third-order valence-corrected chi connectivity index (χ3v) is 3.98. The Morgan fingerprint density at radius 1 is 1.10 bits per heavy atom. The molecule has 0 unspecified atom stereocenters. The standard InChI is InChI=1S/C16H15ClN2O/c17-14-7-3-1-5-12(14)11-19-10-9-15(18-20)13-6-2-4-8-16(13)19/h1-8,20H,9-11H2. The molecule has 0 saturated carbocycles. The molecule has 20 heavy (non-hydrogen) atoms. The van der Waals surface area contributed by atoms with Crippen LogP contribution >= 0.6 is 11.6 Å². The molecule has 0 bridgehead atoms. The smallest absolute Gasteiger partial charge is 0.0906 e. The first-order valence-electron chi connectivity index (χ1n) is 6.58. The zero-order valence-corrected chi connectivity index (χ0v) is 11.7. The molecule has 0 saturated heterocycles. The van der Waals surface area contributed by atoms with Gasteiger partial charge in [0.05, 0.1) is 5.71 Å². The molecule has 0 fully saturated rings. The van der Waals surface area contributed by atoms with Crippen molar-refractivity contribution in [3.05, 3.63) is 64.7 Å². The van der Waals surface area contributed by atoms with E-state index in [1.807, 2.05) is 42.5 Å². The first kappa shape index (κ1) is 13.0. The molecule has 0 amide bonds. The van der Waals surface area contributed by atoms with Crippen LogP contribution in [0.1, 0.15) is 17.5 Å². The van der Waals surface area contributed by atoms with Gasteiger partial charge >= 0.3 is 0 Å². The number of benzene rings is 2. The van der Waals surface area contributed by atoms with Crippen LogP contribution in [-0.4, -0.2) is 17.5 Å². The van der Waals surface area contributed by atoms with Crippen LogP contribution in [0.5, 0.6) is 0 Å². The molecule has 3 rings (SSSR count). The highest BCUT2D eigenvalue weighted by molar-refractivity contribution is 6.31. The number of fused-ring (bicyclic) bond motifs is 1. The fourth-order valence-electron chi connectivity index (χ4n) is 2.59. The summed E-state index contributed by atoms with van der Waals surface area (Å²) in [6, 6.07) is 15.9. The molecule has 0 atom stereocenters. The first-order valence-corrected chi connectivity index (χ1v) is 6.96. The fourth-order valence-corrected chi connectivity index (χ4v) is 2.79. The molecule has 4 heteroatoms. The van der Waals surface area contributed by atoms with Gasteiger partial charge < -0.3 is 10.1 Å². The molecule has 0 spiro atoms. The second-order valence-electron chi connectivity index (χ2n) is 4.83. The van der Waals surface area contributed by atoms with Gasteiger partial charge in [0.1, 0.15) is 0 Å². The van der Waals surface area contributed by atoms with Crippen molar-refractivity contribution in [3.8, 4) is 0 Å². The van der Waals surface area contributed by atoms with Crippen LogP contribution in [0.25, 0.3) is 0 Å². The van der Waals surface area contributed by atoms with Gasteiger partial charge in [-0.05, 0) is 17.7 Å². The average Bonchev–Trinajstić information content (AvgIpc) is 2.50. The van der Waals surface area contributed by atoms with E-state index < -0.39 is 0 Å². The Labute approximate surface area is 123 Å². The van der Waals surface area contributed by atoms with E-state index in [4.69, 9.17) is 16.8 Å². The van der Waals surface area contributed by atoms with Gasteiger partial charge in [-0.25, -0.2) is 0 Å². The zero-order valence-electron chi connectivity index (χ0n) is 11.0. The van der Waals surface area contributed by atoms with Crippen LogP contribution in [0, 0.1) is 0 Å². The van der Waals surface area contributed by atoms with Gasteiger partial charge in [-0.3, -0.25) is 0 Å². The summed E-state index contributed by atoms with van der Waals surface area (Å²) < 4.78 is 0. The normalized spacial score (nSPS) is 16.2. The number of oxime groups is 1. The van der Waals surface area contributed by atoms with E-state index in [-0.39, 0.29) is 0 Å². The minimum absolute atomic E-state index is 0.734. The molecule has 3 nitrogen and oxygen atoms in total. The van der Waals surface area contributed by atoms with Crippen molar-refractivity contribution in [2.24, 2.45) is 5.16 Å².